The van der Waals surface area contributed by atoms with Crippen LogP contribution >= 0.6 is 0 Å². The van der Waals surface area contributed by atoms with Crippen LogP contribution < -0.4 is 15.1 Å². The highest BCUT2D eigenvalue weighted by Gasteiger charge is 2.34. The lowest BCUT2D eigenvalue weighted by molar-refractivity contribution is -0.119. The van der Waals surface area contributed by atoms with Crippen molar-refractivity contribution in [1.82, 2.24) is 20.2 Å². The van der Waals surface area contributed by atoms with E-state index in [-0.39, 0.29) is 18.0 Å². The van der Waals surface area contributed by atoms with Crippen LogP contribution in [0.2, 0.25) is 0 Å². The molecule has 0 saturated heterocycles. The maximum absolute atomic E-state index is 12.6. The van der Waals surface area contributed by atoms with Crippen molar-refractivity contribution < 1.29 is 4.79 Å². The molecule has 28 heavy (non-hydrogen) atoms. The third kappa shape index (κ3) is 3.06. The number of aromatic nitrogens is 4. The van der Waals surface area contributed by atoms with Gasteiger partial charge in [-0.15, -0.1) is 0 Å². The average Bonchev–Trinajstić information content (AvgIpc) is 3.21. The monoisotopic (exact) mass is 377 g/mol. The number of H-pyrrole nitrogens is 1. The molecule has 3 aromatic rings. The molecular weight excluding hydrogens is 354 g/mol. The van der Waals surface area contributed by atoms with E-state index in [0.29, 0.717) is 5.95 Å². The summed E-state index contributed by atoms with van der Waals surface area (Å²) < 4.78 is 0. The summed E-state index contributed by atoms with van der Waals surface area (Å²) in [5.41, 5.74) is 4.36. The molecule has 8 heteroatoms. The lowest BCUT2D eigenvalue weighted by Crippen LogP contribution is -2.53. The molecule has 1 aromatic carbocycles. The van der Waals surface area contributed by atoms with Gasteiger partial charge in [-0.3, -0.25) is 9.89 Å². The van der Waals surface area contributed by atoms with Crippen molar-refractivity contribution in [3.8, 4) is 11.4 Å². The van der Waals surface area contributed by atoms with Crippen LogP contribution in [0.5, 0.6) is 0 Å². The van der Waals surface area contributed by atoms with Gasteiger partial charge in [0.05, 0.1) is 22.8 Å². The Kier molecular flexibility index (Phi) is 4.46. The SMILES string of the molecule is CC(C)N1c2cc(Nc3nccc(-c4ccn[nH]4)n3)ccc2N(C)C(=O)[C@H]1C. The van der Waals surface area contributed by atoms with Gasteiger partial charge >= 0.3 is 0 Å². The van der Waals surface area contributed by atoms with E-state index in [0.717, 1.165) is 28.5 Å². The molecule has 0 unspecified atom stereocenters. The van der Waals surface area contributed by atoms with E-state index in [1.54, 1.807) is 17.3 Å². The molecule has 2 aromatic heterocycles. The number of hydrogen-bond donors (Lipinski definition) is 2. The quantitative estimate of drug-likeness (QED) is 0.726. The number of nitrogens with zero attached hydrogens (tertiary/aromatic N) is 5. The van der Waals surface area contributed by atoms with Crippen molar-refractivity contribution in [3.05, 3.63) is 42.7 Å². The number of rotatable bonds is 4. The molecule has 1 atom stereocenters. The minimum atomic E-state index is -0.215. The molecule has 0 aliphatic carbocycles. The second-order valence-corrected chi connectivity index (χ2v) is 7.14. The zero-order valence-electron chi connectivity index (χ0n) is 16.3. The highest BCUT2D eigenvalue weighted by Crippen LogP contribution is 2.39. The molecule has 1 amide bonds. The Bertz CT molecular complexity index is 1000. The Morgan fingerprint density at radius 3 is 2.68 bits per heavy atom. The van der Waals surface area contributed by atoms with Crippen LogP contribution in [0.3, 0.4) is 0 Å². The lowest BCUT2D eigenvalue weighted by atomic mass is 10.0. The summed E-state index contributed by atoms with van der Waals surface area (Å²) in [7, 11) is 1.82. The fourth-order valence-electron chi connectivity index (χ4n) is 3.64. The molecule has 0 spiro atoms. The fourth-order valence-corrected chi connectivity index (χ4v) is 3.64. The lowest BCUT2D eigenvalue weighted by Gasteiger charge is -2.42. The van der Waals surface area contributed by atoms with Gasteiger partial charge in [-0.2, -0.15) is 5.10 Å². The van der Waals surface area contributed by atoms with E-state index in [1.165, 1.54) is 0 Å². The van der Waals surface area contributed by atoms with Crippen LogP contribution in [-0.2, 0) is 4.79 Å². The Labute approximate surface area is 163 Å². The number of amides is 1. The summed E-state index contributed by atoms with van der Waals surface area (Å²) in [4.78, 5) is 25.3. The van der Waals surface area contributed by atoms with Gasteiger partial charge in [0.1, 0.15) is 6.04 Å². The predicted octanol–water partition coefficient (Wildman–Crippen LogP) is 3.19. The number of fused-ring (bicyclic) bond motifs is 1. The molecule has 0 fully saturated rings. The minimum absolute atomic E-state index is 0.0949. The van der Waals surface area contributed by atoms with E-state index >= 15 is 0 Å². The van der Waals surface area contributed by atoms with Crippen molar-refractivity contribution in [1.29, 1.82) is 0 Å². The molecule has 0 saturated carbocycles. The fraction of sp³-hybridized carbons (Fsp3) is 0.300. The van der Waals surface area contributed by atoms with Gasteiger partial charge in [0.15, 0.2) is 0 Å². The van der Waals surface area contributed by atoms with Crippen LogP contribution in [0.25, 0.3) is 11.4 Å². The smallest absolute Gasteiger partial charge is 0.249 e. The molecule has 3 heterocycles. The van der Waals surface area contributed by atoms with E-state index in [1.807, 2.05) is 44.3 Å². The second kappa shape index (κ2) is 6.95. The Hall–Kier alpha value is -3.42. The molecule has 8 nitrogen and oxygen atoms in total. The van der Waals surface area contributed by atoms with Gasteiger partial charge in [-0.05, 0) is 51.1 Å². The van der Waals surface area contributed by atoms with Crippen molar-refractivity contribution >= 4 is 28.9 Å². The Morgan fingerprint density at radius 1 is 1.14 bits per heavy atom. The largest absolute Gasteiger partial charge is 0.356 e. The van der Waals surface area contributed by atoms with E-state index in [4.69, 9.17) is 0 Å². The average molecular weight is 377 g/mol. The molecule has 2 N–H and O–H groups in total. The number of nitrogens with one attached hydrogen (secondary N) is 2. The van der Waals surface area contributed by atoms with Gasteiger partial charge in [-0.25, -0.2) is 9.97 Å². The Morgan fingerprint density at radius 2 is 1.96 bits per heavy atom. The van der Waals surface area contributed by atoms with Crippen LogP contribution in [0.15, 0.2) is 42.7 Å². The summed E-state index contributed by atoms with van der Waals surface area (Å²) in [5, 5.41) is 10.1. The number of carbonyl (C=O) groups is 1. The topological polar surface area (TPSA) is 90.0 Å². The third-order valence-corrected chi connectivity index (χ3v) is 4.96. The molecule has 1 aliphatic rings. The summed E-state index contributed by atoms with van der Waals surface area (Å²) >= 11 is 0. The second-order valence-electron chi connectivity index (χ2n) is 7.14. The van der Waals surface area contributed by atoms with Crippen LogP contribution in [-0.4, -0.2) is 45.2 Å². The summed E-state index contributed by atoms with van der Waals surface area (Å²) in [6, 6.07) is 9.60. The first kappa shape index (κ1) is 18.0. The normalized spacial score (nSPS) is 16.5. The highest BCUT2D eigenvalue weighted by molar-refractivity contribution is 6.05. The number of carbonyl (C=O) groups excluding carboxylic acids is 1. The molecule has 1 aliphatic heterocycles. The number of benzene rings is 1. The van der Waals surface area contributed by atoms with Crippen molar-refractivity contribution in [2.75, 3.05) is 22.2 Å². The number of likely N-dealkylation sites (N-methyl/N-ethyl adjacent to an activating group) is 1. The van der Waals surface area contributed by atoms with Gasteiger partial charge in [-0.1, -0.05) is 0 Å². The van der Waals surface area contributed by atoms with Gasteiger partial charge < -0.3 is 15.1 Å². The minimum Gasteiger partial charge on any atom is -0.356 e. The van der Waals surface area contributed by atoms with E-state index in [9.17, 15) is 4.79 Å². The standard InChI is InChI=1S/C20H23N7O/c1-12(2)27-13(3)19(28)26(4)17-6-5-14(11-18(17)27)23-20-21-9-7-15(24-20)16-8-10-22-25-16/h5-13H,1-4H3,(H,22,25)(H,21,23,24)/t13-/m1/s1. The molecular formula is C20H23N7O. The summed E-state index contributed by atoms with van der Waals surface area (Å²) in [6.07, 6.45) is 3.40. The highest BCUT2D eigenvalue weighted by atomic mass is 16.2. The Balaban J connectivity index is 1.68. The van der Waals surface area contributed by atoms with Gasteiger partial charge in [0, 0.05) is 31.2 Å². The van der Waals surface area contributed by atoms with Crippen molar-refractivity contribution in [2.45, 2.75) is 32.9 Å². The molecule has 4 rings (SSSR count). The zero-order valence-corrected chi connectivity index (χ0v) is 16.3. The first-order valence-electron chi connectivity index (χ1n) is 9.25. The predicted molar refractivity (Wildman–Crippen MR) is 110 cm³/mol. The van der Waals surface area contributed by atoms with Crippen LogP contribution in [0.1, 0.15) is 20.8 Å². The molecule has 0 bridgehead atoms. The number of aromatic amines is 1. The van der Waals surface area contributed by atoms with Crippen molar-refractivity contribution in [3.63, 3.8) is 0 Å². The first-order valence-corrected chi connectivity index (χ1v) is 9.25. The summed E-state index contributed by atoms with van der Waals surface area (Å²) in [5.74, 6) is 0.592. The van der Waals surface area contributed by atoms with Gasteiger partial charge in [0.2, 0.25) is 11.9 Å². The van der Waals surface area contributed by atoms with Crippen LogP contribution in [0.4, 0.5) is 23.0 Å². The molecule has 144 valence electrons. The zero-order chi connectivity index (χ0) is 19.8. The maximum atomic E-state index is 12.6. The van der Waals surface area contributed by atoms with Gasteiger partial charge in [0.25, 0.3) is 0 Å². The first-order chi connectivity index (χ1) is 13.5. The van der Waals surface area contributed by atoms with Crippen molar-refractivity contribution in [2.24, 2.45) is 0 Å². The third-order valence-electron chi connectivity index (χ3n) is 4.96. The van der Waals surface area contributed by atoms with E-state index in [2.05, 4.69) is 44.2 Å². The maximum Gasteiger partial charge on any atom is 0.249 e. The number of hydrogen-bond acceptors (Lipinski definition) is 6. The number of anilines is 4. The molecule has 0 radical (unpaired) electrons. The van der Waals surface area contributed by atoms with E-state index < -0.39 is 0 Å². The van der Waals surface area contributed by atoms with Crippen LogP contribution in [0, 0.1) is 0 Å². The summed E-state index contributed by atoms with van der Waals surface area (Å²) in [6.45, 7) is 6.13.